The Morgan fingerprint density at radius 3 is 2.79 bits per heavy atom. The van der Waals surface area contributed by atoms with Crippen LogP contribution < -0.4 is 0 Å². The highest BCUT2D eigenvalue weighted by Gasteiger charge is 2.51. The van der Waals surface area contributed by atoms with Gasteiger partial charge in [-0.1, -0.05) is 30.3 Å². The number of likely N-dealkylation sites (tertiary alicyclic amines) is 1. The van der Waals surface area contributed by atoms with Crippen molar-refractivity contribution in [2.75, 3.05) is 13.2 Å². The Morgan fingerprint density at radius 2 is 2.11 bits per heavy atom. The lowest BCUT2D eigenvalue weighted by molar-refractivity contribution is 0.0606. The predicted octanol–water partition coefficient (Wildman–Crippen LogP) is 0.967. The van der Waals surface area contributed by atoms with Gasteiger partial charge < -0.3 is 14.9 Å². The molecule has 2 aliphatic heterocycles. The van der Waals surface area contributed by atoms with E-state index in [9.17, 15) is 15.0 Å². The molecule has 102 valence electrons. The molecule has 1 aromatic carbocycles. The molecule has 1 amide bonds. The first-order valence-corrected chi connectivity index (χ1v) is 6.50. The largest absolute Gasteiger partial charge is 0.465 e. The summed E-state index contributed by atoms with van der Waals surface area (Å²) in [6.07, 6.45) is -1.10. The topological polar surface area (TPSA) is 70.0 Å². The van der Waals surface area contributed by atoms with Gasteiger partial charge in [0, 0.05) is 12.5 Å². The van der Waals surface area contributed by atoms with Crippen LogP contribution in [0.1, 0.15) is 5.56 Å². The number of hydrogen-bond donors (Lipinski definition) is 2. The monoisotopic (exact) mass is 263 g/mol. The molecule has 2 heterocycles. The quantitative estimate of drug-likeness (QED) is 0.834. The SMILES string of the molecule is O=C(O)N1CC(Cc2ccccc2)C2OCC(O)C21. The lowest BCUT2D eigenvalue weighted by atomic mass is 9.94. The fourth-order valence-electron chi connectivity index (χ4n) is 3.21. The smallest absolute Gasteiger partial charge is 0.407 e. The van der Waals surface area contributed by atoms with E-state index in [0.29, 0.717) is 6.54 Å². The fraction of sp³-hybridized carbons (Fsp3) is 0.500. The van der Waals surface area contributed by atoms with Gasteiger partial charge >= 0.3 is 6.09 Å². The van der Waals surface area contributed by atoms with Crippen LogP contribution in [0.25, 0.3) is 0 Å². The molecule has 0 aliphatic carbocycles. The summed E-state index contributed by atoms with van der Waals surface area (Å²) in [5.74, 6) is 0.112. The summed E-state index contributed by atoms with van der Waals surface area (Å²) in [6, 6.07) is 9.56. The van der Waals surface area contributed by atoms with Gasteiger partial charge in [-0.25, -0.2) is 4.79 Å². The number of amides is 1. The Morgan fingerprint density at radius 1 is 1.37 bits per heavy atom. The maximum absolute atomic E-state index is 11.2. The second kappa shape index (κ2) is 4.83. The zero-order chi connectivity index (χ0) is 13.4. The van der Waals surface area contributed by atoms with Gasteiger partial charge in [0.25, 0.3) is 0 Å². The van der Waals surface area contributed by atoms with Crippen molar-refractivity contribution in [1.29, 1.82) is 0 Å². The van der Waals surface area contributed by atoms with Crippen molar-refractivity contribution in [1.82, 2.24) is 4.90 Å². The molecule has 5 heteroatoms. The number of fused-ring (bicyclic) bond motifs is 1. The Hall–Kier alpha value is -1.59. The molecule has 3 rings (SSSR count). The zero-order valence-corrected chi connectivity index (χ0v) is 10.5. The van der Waals surface area contributed by atoms with E-state index in [0.717, 1.165) is 6.42 Å². The lowest BCUT2D eigenvalue weighted by Crippen LogP contribution is -2.43. The molecule has 0 bridgehead atoms. The minimum Gasteiger partial charge on any atom is -0.465 e. The summed E-state index contributed by atoms with van der Waals surface area (Å²) < 4.78 is 5.60. The van der Waals surface area contributed by atoms with Gasteiger partial charge in [0.2, 0.25) is 0 Å². The summed E-state index contributed by atoms with van der Waals surface area (Å²) in [4.78, 5) is 12.6. The Bertz CT molecular complexity index is 464. The number of aliphatic hydroxyl groups excluding tert-OH is 1. The van der Waals surface area contributed by atoms with Crippen LogP contribution in [0.5, 0.6) is 0 Å². The van der Waals surface area contributed by atoms with Crippen molar-refractivity contribution in [2.45, 2.75) is 24.7 Å². The normalized spacial score (nSPS) is 33.4. The van der Waals surface area contributed by atoms with E-state index < -0.39 is 18.2 Å². The highest BCUT2D eigenvalue weighted by molar-refractivity contribution is 5.66. The molecule has 4 unspecified atom stereocenters. The molecule has 4 atom stereocenters. The van der Waals surface area contributed by atoms with Gasteiger partial charge in [-0.3, -0.25) is 4.90 Å². The van der Waals surface area contributed by atoms with Gasteiger partial charge in [0.1, 0.15) is 6.10 Å². The number of ether oxygens (including phenoxy) is 1. The number of benzene rings is 1. The van der Waals surface area contributed by atoms with E-state index in [1.54, 1.807) is 0 Å². The number of rotatable bonds is 2. The van der Waals surface area contributed by atoms with Crippen LogP contribution in [0.2, 0.25) is 0 Å². The number of hydrogen-bond acceptors (Lipinski definition) is 3. The van der Waals surface area contributed by atoms with Gasteiger partial charge in [-0.2, -0.15) is 0 Å². The molecule has 2 saturated heterocycles. The van der Waals surface area contributed by atoms with Crippen LogP contribution in [0, 0.1) is 5.92 Å². The Balaban J connectivity index is 1.78. The molecule has 0 spiro atoms. The van der Waals surface area contributed by atoms with Gasteiger partial charge in [-0.05, 0) is 12.0 Å². The molecular formula is C14H17NO4. The second-order valence-corrected chi connectivity index (χ2v) is 5.24. The first-order valence-electron chi connectivity index (χ1n) is 6.50. The average molecular weight is 263 g/mol. The number of aliphatic hydroxyl groups is 1. The summed E-state index contributed by atoms with van der Waals surface area (Å²) in [5.41, 5.74) is 1.17. The Kier molecular flexibility index (Phi) is 3.16. The number of carbonyl (C=O) groups is 1. The molecule has 0 aromatic heterocycles. The minimum absolute atomic E-state index is 0.112. The van der Waals surface area contributed by atoms with E-state index in [4.69, 9.17) is 4.74 Å². The van der Waals surface area contributed by atoms with E-state index >= 15 is 0 Å². The summed E-state index contributed by atoms with van der Waals surface area (Å²) in [5, 5.41) is 19.1. The molecule has 1 aromatic rings. The summed E-state index contributed by atoms with van der Waals surface area (Å²) >= 11 is 0. The third-order valence-electron chi connectivity index (χ3n) is 4.03. The van der Waals surface area contributed by atoms with Crippen LogP contribution >= 0.6 is 0 Å². The molecule has 2 aliphatic rings. The van der Waals surface area contributed by atoms with Crippen molar-refractivity contribution in [3.8, 4) is 0 Å². The molecule has 19 heavy (non-hydrogen) atoms. The maximum Gasteiger partial charge on any atom is 0.407 e. The molecule has 2 N–H and O–H groups in total. The summed E-state index contributed by atoms with van der Waals surface area (Å²) in [6.45, 7) is 0.654. The van der Waals surface area contributed by atoms with Gasteiger partial charge in [-0.15, -0.1) is 0 Å². The van der Waals surface area contributed by atoms with Crippen molar-refractivity contribution >= 4 is 6.09 Å². The van der Waals surface area contributed by atoms with Crippen LogP contribution in [0.15, 0.2) is 30.3 Å². The average Bonchev–Trinajstić information content (AvgIpc) is 2.93. The van der Waals surface area contributed by atoms with Gasteiger partial charge in [0.15, 0.2) is 0 Å². The predicted molar refractivity (Wildman–Crippen MR) is 67.9 cm³/mol. The maximum atomic E-state index is 11.2. The molecule has 0 saturated carbocycles. The van der Waals surface area contributed by atoms with Crippen molar-refractivity contribution in [3.63, 3.8) is 0 Å². The molecular weight excluding hydrogens is 246 g/mol. The van der Waals surface area contributed by atoms with Crippen LogP contribution in [-0.2, 0) is 11.2 Å². The standard InChI is InChI=1S/C14H17NO4/c16-11-8-19-13-10(6-9-4-2-1-3-5-9)7-15(12(11)13)14(17)18/h1-5,10-13,16H,6-8H2,(H,17,18). The minimum atomic E-state index is -0.977. The first-order chi connectivity index (χ1) is 9.16. The van der Waals surface area contributed by atoms with Crippen molar-refractivity contribution < 1.29 is 19.7 Å². The number of nitrogens with zero attached hydrogens (tertiary/aromatic N) is 1. The van der Waals surface area contributed by atoms with E-state index in [2.05, 4.69) is 0 Å². The third kappa shape index (κ3) is 2.19. The third-order valence-corrected chi connectivity index (χ3v) is 4.03. The molecule has 2 fully saturated rings. The Labute approximate surface area is 111 Å². The van der Waals surface area contributed by atoms with Crippen LogP contribution in [0.4, 0.5) is 4.79 Å². The van der Waals surface area contributed by atoms with E-state index in [1.165, 1.54) is 10.5 Å². The van der Waals surface area contributed by atoms with E-state index in [-0.39, 0.29) is 18.6 Å². The van der Waals surface area contributed by atoms with Crippen LogP contribution in [-0.4, -0.2) is 52.6 Å². The van der Waals surface area contributed by atoms with Crippen molar-refractivity contribution in [3.05, 3.63) is 35.9 Å². The van der Waals surface area contributed by atoms with Crippen LogP contribution in [0.3, 0.4) is 0 Å². The number of carboxylic acid groups (broad SMARTS) is 1. The second-order valence-electron chi connectivity index (χ2n) is 5.24. The zero-order valence-electron chi connectivity index (χ0n) is 10.5. The fourth-order valence-corrected chi connectivity index (χ4v) is 3.21. The van der Waals surface area contributed by atoms with E-state index in [1.807, 2.05) is 30.3 Å². The highest BCUT2D eigenvalue weighted by Crippen LogP contribution is 2.35. The molecule has 0 radical (unpaired) electrons. The van der Waals surface area contributed by atoms with Gasteiger partial charge in [0.05, 0.1) is 18.8 Å². The lowest BCUT2D eigenvalue weighted by Gasteiger charge is -2.21. The summed E-state index contributed by atoms with van der Waals surface area (Å²) in [7, 11) is 0. The van der Waals surface area contributed by atoms with Crippen molar-refractivity contribution in [2.24, 2.45) is 5.92 Å². The highest BCUT2D eigenvalue weighted by atomic mass is 16.5. The molecule has 5 nitrogen and oxygen atoms in total. The first kappa shape index (κ1) is 12.4.